The summed E-state index contributed by atoms with van der Waals surface area (Å²) in [4.78, 5) is 25.6. The maximum atomic E-state index is 11.2. The van der Waals surface area contributed by atoms with Crippen LogP contribution in [0.4, 0.5) is 13.2 Å². The first-order valence-electron chi connectivity index (χ1n) is 7.93. The molecule has 0 amide bonds. The lowest BCUT2D eigenvalue weighted by molar-refractivity contribution is -0.192. The Labute approximate surface area is 156 Å². The van der Waals surface area contributed by atoms with Crippen LogP contribution in [0.3, 0.4) is 0 Å². The lowest BCUT2D eigenvalue weighted by atomic mass is 9.89. The van der Waals surface area contributed by atoms with Crippen LogP contribution in [0.2, 0.25) is 0 Å². The third kappa shape index (κ3) is 6.04. The van der Waals surface area contributed by atoms with Crippen LogP contribution in [-0.4, -0.2) is 39.4 Å². The SMILES string of the molecule is O=C(O)C(F)(F)F.O=C(O)[C@@H]1CC=CC[C@@H]1NCc1cc2ncccc2s1. The second kappa shape index (κ2) is 8.96. The lowest BCUT2D eigenvalue weighted by Crippen LogP contribution is -2.40. The Hall–Kier alpha value is -2.46. The predicted octanol–water partition coefficient (Wildman–Crippen LogP) is 3.44. The Balaban J connectivity index is 0.000000321. The van der Waals surface area contributed by atoms with Crippen molar-refractivity contribution in [2.24, 2.45) is 5.92 Å². The number of allylic oxidation sites excluding steroid dienone is 1. The van der Waals surface area contributed by atoms with E-state index in [-0.39, 0.29) is 12.0 Å². The van der Waals surface area contributed by atoms with Crippen LogP contribution >= 0.6 is 11.3 Å². The van der Waals surface area contributed by atoms with Gasteiger partial charge in [-0.3, -0.25) is 9.78 Å². The minimum atomic E-state index is -5.08. The average molecular weight is 402 g/mol. The Morgan fingerprint density at radius 2 is 1.93 bits per heavy atom. The largest absolute Gasteiger partial charge is 0.490 e. The Kier molecular flexibility index (Phi) is 6.92. The highest BCUT2D eigenvalue weighted by Gasteiger charge is 2.38. The van der Waals surface area contributed by atoms with E-state index in [4.69, 9.17) is 9.90 Å². The molecular weight excluding hydrogens is 385 g/mol. The Bertz CT molecular complexity index is 802. The van der Waals surface area contributed by atoms with Gasteiger partial charge in [-0.25, -0.2) is 4.79 Å². The number of carbonyl (C=O) groups is 2. The van der Waals surface area contributed by atoms with E-state index in [1.54, 1.807) is 17.5 Å². The van der Waals surface area contributed by atoms with Crippen molar-refractivity contribution < 1.29 is 33.0 Å². The third-order valence-electron chi connectivity index (χ3n) is 3.87. The fourth-order valence-electron chi connectivity index (χ4n) is 2.55. The topological polar surface area (TPSA) is 99.5 Å². The van der Waals surface area contributed by atoms with E-state index in [2.05, 4.69) is 28.5 Å². The highest BCUT2D eigenvalue weighted by molar-refractivity contribution is 7.19. The molecule has 10 heteroatoms. The van der Waals surface area contributed by atoms with E-state index in [0.29, 0.717) is 13.0 Å². The van der Waals surface area contributed by atoms with Crippen LogP contribution in [0.25, 0.3) is 10.2 Å². The van der Waals surface area contributed by atoms with E-state index < -0.39 is 18.1 Å². The fraction of sp³-hybridized carbons (Fsp3) is 0.353. The van der Waals surface area contributed by atoms with Gasteiger partial charge in [-0.15, -0.1) is 11.3 Å². The smallest absolute Gasteiger partial charge is 0.481 e. The van der Waals surface area contributed by atoms with Crippen LogP contribution in [-0.2, 0) is 16.1 Å². The molecule has 3 N–H and O–H groups in total. The van der Waals surface area contributed by atoms with Gasteiger partial charge in [0.15, 0.2) is 0 Å². The second-order valence-corrected chi connectivity index (χ2v) is 6.95. The number of nitrogens with one attached hydrogen (secondary N) is 1. The number of hydrogen-bond acceptors (Lipinski definition) is 5. The molecule has 0 fully saturated rings. The van der Waals surface area contributed by atoms with Gasteiger partial charge in [0.1, 0.15) is 0 Å². The Morgan fingerprint density at radius 3 is 2.52 bits per heavy atom. The van der Waals surface area contributed by atoms with Crippen LogP contribution in [0.1, 0.15) is 17.7 Å². The monoisotopic (exact) mass is 402 g/mol. The number of thiophene rings is 1. The molecule has 3 rings (SSSR count). The summed E-state index contributed by atoms with van der Waals surface area (Å²) in [6.45, 7) is 0.698. The van der Waals surface area contributed by atoms with Crippen LogP contribution in [0.15, 0.2) is 36.5 Å². The van der Waals surface area contributed by atoms with E-state index in [0.717, 1.165) is 11.9 Å². The molecule has 0 spiro atoms. The van der Waals surface area contributed by atoms with Crippen molar-refractivity contribution >= 4 is 33.5 Å². The van der Waals surface area contributed by atoms with E-state index in [9.17, 15) is 23.1 Å². The molecule has 0 radical (unpaired) electrons. The quantitative estimate of drug-likeness (QED) is 0.678. The summed E-state index contributed by atoms with van der Waals surface area (Å²) in [7, 11) is 0. The molecule has 0 saturated carbocycles. The molecule has 0 aliphatic heterocycles. The minimum Gasteiger partial charge on any atom is -0.481 e. The summed E-state index contributed by atoms with van der Waals surface area (Å²) in [5.74, 6) is -3.80. The number of aromatic nitrogens is 1. The number of carboxylic acids is 2. The summed E-state index contributed by atoms with van der Waals surface area (Å²) < 4.78 is 32.9. The third-order valence-corrected chi connectivity index (χ3v) is 4.96. The number of aliphatic carboxylic acids is 2. The zero-order valence-electron chi connectivity index (χ0n) is 13.9. The van der Waals surface area contributed by atoms with Crippen LogP contribution in [0, 0.1) is 5.92 Å². The van der Waals surface area contributed by atoms with Crippen molar-refractivity contribution in [2.45, 2.75) is 31.6 Å². The lowest BCUT2D eigenvalue weighted by Gasteiger charge is -2.26. The molecule has 0 bridgehead atoms. The number of alkyl halides is 3. The molecule has 0 aromatic carbocycles. The molecule has 2 aromatic rings. The molecule has 0 saturated heterocycles. The summed E-state index contributed by atoms with van der Waals surface area (Å²) in [5.41, 5.74) is 1.01. The molecule has 0 unspecified atom stereocenters. The Morgan fingerprint density at radius 1 is 1.26 bits per heavy atom. The van der Waals surface area contributed by atoms with Gasteiger partial charge in [0.2, 0.25) is 0 Å². The highest BCUT2D eigenvalue weighted by Crippen LogP contribution is 2.25. The molecule has 1 aliphatic rings. The number of fused-ring (bicyclic) bond motifs is 1. The van der Waals surface area contributed by atoms with Crippen molar-refractivity contribution in [3.8, 4) is 0 Å². The molecule has 2 heterocycles. The molecule has 1 aliphatic carbocycles. The van der Waals surface area contributed by atoms with E-state index in [1.807, 2.05) is 12.1 Å². The number of rotatable bonds is 4. The van der Waals surface area contributed by atoms with Gasteiger partial charge in [0.05, 0.1) is 16.1 Å². The fourth-order valence-corrected chi connectivity index (χ4v) is 3.52. The standard InChI is InChI=1S/C15H16N2O2S.C2HF3O2/c18-15(19)11-4-1-2-5-12(11)17-9-10-8-13-14(20-10)6-3-7-16-13;3-2(4,5)1(6)7/h1-3,6-8,11-12,17H,4-5,9H2,(H,18,19);(H,6,7)/t11-,12+;/m1./s1. The van der Waals surface area contributed by atoms with Crippen LogP contribution < -0.4 is 5.32 Å². The molecule has 146 valence electrons. The van der Waals surface area contributed by atoms with Gasteiger partial charge < -0.3 is 15.5 Å². The average Bonchev–Trinajstić information content (AvgIpc) is 3.02. The summed E-state index contributed by atoms with van der Waals surface area (Å²) in [6.07, 6.45) is 2.11. The van der Waals surface area contributed by atoms with E-state index in [1.165, 1.54) is 9.58 Å². The summed E-state index contributed by atoms with van der Waals surface area (Å²) in [5, 5.41) is 19.7. The number of halogens is 3. The summed E-state index contributed by atoms with van der Waals surface area (Å²) >= 11 is 1.71. The summed E-state index contributed by atoms with van der Waals surface area (Å²) in [6, 6.07) is 6.07. The zero-order chi connectivity index (χ0) is 20.0. The van der Waals surface area contributed by atoms with Crippen molar-refractivity contribution in [3.63, 3.8) is 0 Å². The first-order chi connectivity index (χ1) is 12.7. The molecule has 27 heavy (non-hydrogen) atoms. The van der Waals surface area contributed by atoms with Gasteiger partial charge in [0, 0.05) is 23.7 Å². The van der Waals surface area contributed by atoms with Gasteiger partial charge in [-0.2, -0.15) is 13.2 Å². The number of carboxylic acid groups (broad SMARTS) is 2. The number of nitrogens with zero attached hydrogens (tertiary/aromatic N) is 1. The minimum absolute atomic E-state index is 0.00988. The first-order valence-corrected chi connectivity index (χ1v) is 8.75. The van der Waals surface area contributed by atoms with Crippen molar-refractivity contribution in [3.05, 3.63) is 41.4 Å². The van der Waals surface area contributed by atoms with Gasteiger partial charge in [-0.1, -0.05) is 12.2 Å². The van der Waals surface area contributed by atoms with E-state index >= 15 is 0 Å². The second-order valence-electron chi connectivity index (χ2n) is 5.78. The first kappa shape index (κ1) is 20.8. The normalized spacial score (nSPS) is 19.4. The van der Waals surface area contributed by atoms with Gasteiger partial charge in [0.25, 0.3) is 0 Å². The van der Waals surface area contributed by atoms with Crippen LogP contribution in [0.5, 0.6) is 0 Å². The maximum Gasteiger partial charge on any atom is 0.490 e. The highest BCUT2D eigenvalue weighted by atomic mass is 32.1. The predicted molar refractivity (Wildman–Crippen MR) is 93.4 cm³/mol. The number of hydrogen-bond donors (Lipinski definition) is 3. The molecular formula is C17H17F3N2O4S. The van der Waals surface area contributed by atoms with Crippen molar-refractivity contribution in [1.29, 1.82) is 0 Å². The van der Waals surface area contributed by atoms with Crippen molar-refractivity contribution in [2.75, 3.05) is 0 Å². The van der Waals surface area contributed by atoms with Gasteiger partial charge >= 0.3 is 18.1 Å². The molecule has 6 nitrogen and oxygen atoms in total. The maximum absolute atomic E-state index is 11.2. The number of pyridine rings is 1. The molecule has 2 aromatic heterocycles. The molecule has 2 atom stereocenters. The zero-order valence-corrected chi connectivity index (χ0v) is 14.8. The van der Waals surface area contributed by atoms with Crippen molar-refractivity contribution in [1.82, 2.24) is 10.3 Å². The van der Waals surface area contributed by atoms with Gasteiger partial charge in [-0.05, 0) is 31.0 Å².